The Hall–Kier alpha value is -1.59. The second-order valence-corrected chi connectivity index (χ2v) is 1.88. The molecular weight excluding hydrogens is 164 g/mol. The Bertz CT molecular complexity index is 276. The lowest BCUT2D eigenvalue weighted by molar-refractivity contribution is -0.156. The Morgan fingerprint density at radius 2 is 2.17 bits per heavy atom. The van der Waals surface area contributed by atoms with Crippen LogP contribution in [0.3, 0.4) is 0 Å². The van der Waals surface area contributed by atoms with Gasteiger partial charge in [0.25, 0.3) is 5.91 Å². The van der Waals surface area contributed by atoms with Gasteiger partial charge in [-0.15, -0.1) is 0 Å². The number of primary amides is 1. The lowest BCUT2D eigenvalue weighted by atomic mass is 10.3. The number of hydrogen-bond acceptors (Lipinski definition) is 4. The minimum Gasteiger partial charge on any atom is -0.370 e. The highest BCUT2D eigenvalue weighted by Crippen LogP contribution is 1.86. The van der Waals surface area contributed by atoms with E-state index in [0.717, 1.165) is 0 Å². The Labute approximate surface area is 73.2 Å². The fourth-order valence-corrected chi connectivity index (χ4v) is 0.391. The lowest BCUT2D eigenvalue weighted by Gasteiger charge is -2.01. The summed E-state index contributed by atoms with van der Waals surface area (Å²) in [5.41, 5.74) is 6.34. The fourth-order valence-electron chi connectivity index (χ4n) is 0.391. The molecule has 0 aromatic rings. The third-order valence-electron chi connectivity index (χ3n) is 0.856. The van der Waals surface area contributed by atoms with E-state index in [4.69, 9.17) is 9.85 Å². The molecule has 0 fully saturated rings. The van der Waals surface area contributed by atoms with E-state index in [-0.39, 0.29) is 12.8 Å². The highest BCUT2D eigenvalue weighted by Gasteiger charge is 2.04. The number of rotatable bonds is 3. The van der Waals surface area contributed by atoms with E-state index in [1.165, 1.54) is 0 Å². The minimum absolute atomic E-state index is 0.211. The predicted octanol–water partition coefficient (Wildman–Crippen LogP) is -1.15. The van der Waals surface area contributed by atoms with Crippen LogP contribution >= 0.6 is 0 Å². The molecule has 0 heterocycles. The molecule has 0 bridgehead atoms. The van der Waals surface area contributed by atoms with E-state index in [9.17, 15) is 14.4 Å². The molecule has 0 unspecified atom stereocenters. The van der Waals surface area contributed by atoms with E-state index < -0.39 is 24.6 Å². The molecule has 0 atom stereocenters. The number of carbonyl (C=O) groups is 3. The molecule has 6 nitrogen and oxygen atoms in total. The first-order valence-electron chi connectivity index (χ1n) is 4.52. The molecule has 0 aliphatic heterocycles. The molecule has 0 aromatic heterocycles. The summed E-state index contributed by atoms with van der Waals surface area (Å²) in [5.74, 6) is -3.03. The van der Waals surface area contributed by atoms with Crippen LogP contribution < -0.4 is 11.2 Å². The summed E-state index contributed by atoms with van der Waals surface area (Å²) in [6, 6.07) is 0. The molecule has 3 N–H and O–H groups in total. The monoisotopic (exact) mass is 177 g/mol. The average Bonchev–Trinajstić information content (AvgIpc) is 2.09. The minimum atomic E-state index is -2.93. The first-order valence-corrected chi connectivity index (χ1v) is 3.02. The average molecular weight is 177 g/mol. The number of carbonyl (C=O) groups excluding carboxylic acids is 3. The maximum absolute atomic E-state index is 10.8. The summed E-state index contributed by atoms with van der Waals surface area (Å²) >= 11 is 0. The van der Waals surface area contributed by atoms with Crippen molar-refractivity contribution in [3.63, 3.8) is 0 Å². The topological polar surface area (TPSA) is 98.5 Å². The Morgan fingerprint density at radius 3 is 2.67 bits per heavy atom. The number of nitrogens with one attached hydrogen (secondary N) is 1. The van der Waals surface area contributed by atoms with Gasteiger partial charge in [0.05, 0.1) is 0 Å². The van der Waals surface area contributed by atoms with E-state index in [1.807, 2.05) is 0 Å². The highest BCUT2D eigenvalue weighted by molar-refractivity contribution is 5.83. The Morgan fingerprint density at radius 1 is 1.50 bits per heavy atom. The van der Waals surface area contributed by atoms with Crippen molar-refractivity contribution in [1.82, 2.24) is 5.48 Å². The summed E-state index contributed by atoms with van der Waals surface area (Å²) in [4.78, 5) is 35.6. The summed E-state index contributed by atoms with van der Waals surface area (Å²) < 4.78 is 19.8. The van der Waals surface area contributed by atoms with Crippen molar-refractivity contribution in [3.05, 3.63) is 0 Å². The van der Waals surface area contributed by atoms with Gasteiger partial charge in [0, 0.05) is 23.8 Å². The van der Waals surface area contributed by atoms with Gasteiger partial charge in [-0.1, -0.05) is 0 Å². The number of hydrogen-bond donors (Lipinski definition) is 2. The highest BCUT2D eigenvalue weighted by atomic mass is 16.7. The van der Waals surface area contributed by atoms with Crippen LogP contribution in [0.1, 0.15) is 23.8 Å². The molecule has 2 amide bonds. The smallest absolute Gasteiger partial charge is 0.329 e. The van der Waals surface area contributed by atoms with Crippen molar-refractivity contribution in [1.29, 1.82) is 0 Å². The van der Waals surface area contributed by atoms with Crippen molar-refractivity contribution in [2.75, 3.05) is 0 Å². The van der Waals surface area contributed by atoms with Crippen LogP contribution in [0.4, 0.5) is 0 Å². The molecule has 0 saturated carbocycles. The van der Waals surface area contributed by atoms with E-state index in [1.54, 1.807) is 5.48 Å². The van der Waals surface area contributed by atoms with Crippen LogP contribution in [-0.2, 0) is 19.2 Å². The van der Waals surface area contributed by atoms with Gasteiger partial charge in [-0.3, -0.25) is 14.4 Å². The quantitative estimate of drug-likeness (QED) is 0.531. The van der Waals surface area contributed by atoms with E-state index in [2.05, 4.69) is 4.84 Å². The molecule has 0 spiro atoms. The van der Waals surface area contributed by atoms with Gasteiger partial charge in [0.1, 0.15) is 0 Å². The molecule has 68 valence electrons. The van der Waals surface area contributed by atoms with Gasteiger partial charge in [-0.25, -0.2) is 0 Å². The maximum atomic E-state index is 10.8. The normalized spacial score (nSPS) is 13.5. The van der Waals surface area contributed by atoms with Crippen LogP contribution in [0.2, 0.25) is 0 Å². The van der Waals surface area contributed by atoms with Crippen LogP contribution in [0.15, 0.2) is 0 Å². The molecule has 12 heavy (non-hydrogen) atoms. The van der Waals surface area contributed by atoms with Crippen LogP contribution in [-0.4, -0.2) is 17.8 Å². The lowest BCUT2D eigenvalue weighted by Crippen LogP contribution is -2.27. The van der Waals surface area contributed by atoms with Crippen LogP contribution in [0, 0.1) is 0 Å². The third-order valence-corrected chi connectivity index (χ3v) is 0.856. The zero-order chi connectivity index (χ0) is 12.1. The zero-order valence-electron chi connectivity index (χ0n) is 9.12. The standard InChI is InChI=1S/C6H10N2O4/c1-4(9)12-8-6(11)3-2-5(7)10/h2-3H2,1H3,(H2,7,10)(H,8,11)/i1D3. The van der Waals surface area contributed by atoms with Gasteiger partial charge in [-0.05, 0) is 0 Å². The van der Waals surface area contributed by atoms with Gasteiger partial charge in [-0.2, -0.15) is 5.48 Å². The first kappa shape index (κ1) is 5.99. The van der Waals surface area contributed by atoms with Gasteiger partial charge < -0.3 is 10.6 Å². The molecule has 0 aromatic carbocycles. The van der Waals surface area contributed by atoms with Gasteiger partial charge in [0.2, 0.25) is 5.91 Å². The SMILES string of the molecule is [2H]C([2H])([2H])C(=O)ONC(=O)CCC(N)=O. The molecular formula is C6H10N2O4. The summed E-state index contributed by atoms with van der Waals surface area (Å²) in [6.07, 6.45) is -0.485. The zero-order valence-corrected chi connectivity index (χ0v) is 6.12. The van der Waals surface area contributed by atoms with Crippen molar-refractivity contribution in [3.8, 4) is 0 Å². The molecule has 6 heteroatoms. The van der Waals surface area contributed by atoms with E-state index >= 15 is 0 Å². The summed E-state index contributed by atoms with van der Waals surface area (Å²) in [7, 11) is 0. The maximum Gasteiger partial charge on any atom is 0.329 e. The molecule has 0 radical (unpaired) electrons. The van der Waals surface area contributed by atoms with E-state index in [0.29, 0.717) is 0 Å². The van der Waals surface area contributed by atoms with Crippen LogP contribution in [0.5, 0.6) is 0 Å². The summed E-state index contributed by atoms with van der Waals surface area (Å²) in [5, 5.41) is 0. The Balaban J connectivity index is 3.82. The third kappa shape index (κ3) is 6.53. The molecule has 0 rings (SSSR count). The number of amides is 2. The first-order chi connectivity index (χ1) is 6.73. The Kier molecular flexibility index (Phi) is 2.55. The molecule has 0 saturated heterocycles. The summed E-state index contributed by atoms with van der Waals surface area (Å²) in [6.45, 7) is -2.93. The van der Waals surface area contributed by atoms with Crippen molar-refractivity contribution in [2.45, 2.75) is 19.7 Å². The second-order valence-electron chi connectivity index (χ2n) is 1.88. The number of nitrogens with two attached hydrogens (primary N) is 1. The van der Waals surface area contributed by atoms with Crippen molar-refractivity contribution >= 4 is 17.8 Å². The second kappa shape index (κ2) is 5.11. The van der Waals surface area contributed by atoms with Crippen LogP contribution in [0.25, 0.3) is 0 Å². The van der Waals surface area contributed by atoms with Crippen molar-refractivity contribution < 1.29 is 23.3 Å². The van der Waals surface area contributed by atoms with Crippen molar-refractivity contribution in [2.24, 2.45) is 5.73 Å². The fraction of sp³-hybridized carbons (Fsp3) is 0.500. The van der Waals surface area contributed by atoms with Gasteiger partial charge >= 0.3 is 5.97 Å². The largest absolute Gasteiger partial charge is 0.370 e. The molecule has 0 aliphatic rings. The molecule has 0 aliphatic carbocycles. The van der Waals surface area contributed by atoms with Gasteiger partial charge in [0.15, 0.2) is 0 Å². The number of hydroxylamine groups is 1. The predicted molar refractivity (Wildman–Crippen MR) is 38.3 cm³/mol.